The van der Waals surface area contributed by atoms with Crippen molar-refractivity contribution in [2.75, 3.05) is 32.8 Å². The van der Waals surface area contributed by atoms with Gasteiger partial charge in [0.25, 0.3) is 0 Å². The molecule has 0 amide bonds. The van der Waals surface area contributed by atoms with Crippen LogP contribution >= 0.6 is 15.9 Å². The number of hydrogen-bond acceptors (Lipinski definition) is 6. The van der Waals surface area contributed by atoms with E-state index in [4.69, 9.17) is 20.9 Å². The molecule has 0 aliphatic heterocycles. The zero-order chi connectivity index (χ0) is 19.1. The number of nitrogen functional groups attached to an aromatic ring is 2. The second kappa shape index (κ2) is 9.17. The Bertz CT molecular complexity index is 763. The lowest BCUT2D eigenvalue weighted by Gasteiger charge is -2.09. The highest BCUT2D eigenvalue weighted by molar-refractivity contribution is 9.10. The van der Waals surface area contributed by atoms with Crippen molar-refractivity contribution in [3.63, 3.8) is 0 Å². The highest BCUT2D eigenvalue weighted by Crippen LogP contribution is 2.28. The number of methoxy groups -OCH3 is 3. The van der Waals surface area contributed by atoms with Crippen molar-refractivity contribution in [1.29, 1.82) is 0 Å². The first kappa shape index (κ1) is 20.6. The van der Waals surface area contributed by atoms with E-state index >= 15 is 0 Å². The minimum atomic E-state index is -0.388. The van der Waals surface area contributed by atoms with E-state index in [1.807, 2.05) is 19.1 Å². The fraction of sp³-hybridized carbons (Fsp3) is 0.278. The van der Waals surface area contributed by atoms with Crippen molar-refractivity contribution in [3.8, 4) is 11.5 Å². The Hall–Kier alpha value is -2.41. The minimum Gasteiger partial charge on any atom is -0.495 e. The van der Waals surface area contributed by atoms with E-state index in [-0.39, 0.29) is 5.97 Å². The Kier molecular flexibility index (Phi) is 7.57. The molecule has 0 radical (unpaired) electrons. The highest BCUT2D eigenvalue weighted by atomic mass is 79.9. The Morgan fingerprint density at radius 2 is 1.36 bits per heavy atom. The third-order valence-electron chi connectivity index (χ3n) is 3.49. The first-order valence-corrected chi connectivity index (χ1v) is 8.16. The molecule has 0 bridgehead atoms. The van der Waals surface area contributed by atoms with Gasteiger partial charge < -0.3 is 25.7 Å². The Morgan fingerprint density at radius 3 is 1.84 bits per heavy atom. The molecule has 0 saturated carbocycles. The van der Waals surface area contributed by atoms with Crippen molar-refractivity contribution < 1.29 is 19.0 Å². The van der Waals surface area contributed by atoms with Gasteiger partial charge in [0.15, 0.2) is 0 Å². The number of rotatable bonds is 3. The van der Waals surface area contributed by atoms with Crippen LogP contribution in [0.25, 0.3) is 0 Å². The van der Waals surface area contributed by atoms with E-state index in [1.165, 1.54) is 14.2 Å². The zero-order valence-electron chi connectivity index (χ0n) is 15.0. The quantitative estimate of drug-likeness (QED) is 0.590. The summed E-state index contributed by atoms with van der Waals surface area (Å²) in [6, 6.07) is 7.01. The number of anilines is 2. The molecule has 2 aromatic carbocycles. The Labute approximate surface area is 156 Å². The van der Waals surface area contributed by atoms with E-state index in [1.54, 1.807) is 26.2 Å². The molecule has 2 aromatic rings. The van der Waals surface area contributed by atoms with Crippen LogP contribution in [0.4, 0.5) is 11.4 Å². The summed E-state index contributed by atoms with van der Waals surface area (Å²) in [7, 11) is 4.44. The van der Waals surface area contributed by atoms with Gasteiger partial charge in [0.2, 0.25) is 0 Å². The van der Waals surface area contributed by atoms with Gasteiger partial charge in [-0.2, -0.15) is 0 Å². The summed E-state index contributed by atoms with van der Waals surface area (Å²) in [6.07, 6.45) is 0. The SMILES string of the molecule is COC(=O)c1cc(OC)c(N)cc1C.COc1cc(Br)c(C)cc1N. The Morgan fingerprint density at radius 1 is 0.880 bits per heavy atom. The summed E-state index contributed by atoms with van der Waals surface area (Å²) >= 11 is 3.39. The summed E-state index contributed by atoms with van der Waals surface area (Å²) in [4.78, 5) is 11.3. The van der Waals surface area contributed by atoms with Crippen LogP contribution < -0.4 is 20.9 Å². The van der Waals surface area contributed by atoms with Gasteiger partial charge in [-0.15, -0.1) is 0 Å². The van der Waals surface area contributed by atoms with Crippen LogP contribution in [0, 0.1) is 13.8 Å². The fourth-order valence-corrected chi connectivity index (χ4v) is 2.40. The number of carbonyl (C=O) groups excluding carboxylic acids is 1. The van der Waals surface area contributed by atoms with Gasteiger partial charge in [0.1, 0.15) is 11.5 Å². The van der Waals surface area contributed by atoms with Crippen LogP contribution in [-0.2, 0) is 4.74 Å². The maximum Gasteiger partial charge on any atom is 0.338 e. The van der Waals surface area contributed by atoms with Gasteiger partial charge >= 0.3 is 5.97 Å². The lowest BCUT2D eigenvalue weighted by atomic mass is 10.1. The van der Waals surface area contributed by atoms with E-state index in [0.717, 1.165) is 15.6 Å². The average molecular weight is 411 g/mol. The number of ether oxygens (including phenoxy) is 3. The number of halogens is 1. The number of nitrogens with two attached hydrogens (primary N) is 2. The van der Waals surface area contributed by atoms with Gasteiger partial charge in [-0.3, -0.25) is 0 Å². The van der Waals surface area contributed by atoms with Crippen molar-refractivity contribution >= 4 is 33.3 Å². The summed E-state index contributed by atoms with van der Waals surface area (Å²) in [5.41, 5.74) is 14.9. The first-order chi connectivity index (χ1) is 11.7. The van der Waals surface area contributed by atoms with Crippen LogP contribution in [0.15, 0.2) is 28.7 Å². The van der Waals surface area contributed by atoms with Gasteiger partial charge in [0.05, 0.1) is 38.3 Å². The molecule has 0 heterocycles. The summed E-state index contributed by atoms with van der Waals surface area (Å²) < 4.78 is 15.7. The molecule has 25 heavy (non-hydrogen) atoms. The fourth-order valence-electron chi connectivity index (χ4n) is 2.08. The molecule has 0 aliphatic rings. The number of benzene rings is 2. The molecule has 0 aliphatic carbocycles. The molecule has 0 spiro atoms. The maximum absolute atomic E-state index is 11.3. The second-order valence-corrected chi connectivity index (χ2v) is 6.10. The van der Waals surface area contributed by atoms with E-state index in [9.17, 15) is 4.79 Å². The van der Waals surface area contributed by atoms with E-state index < -0.39 is 0 Å². The molecule has 4 N–H and O–H groups in total. The molecule has 6 nitrogen and oxygen atoms in total. The number of hydrogen-bond donors (Lipinski definition) is 2. The van der Waals surface area contributed by atoms with Crippen LogP contribution in [0.5, 0.6) is 11.5 Å². The molecular formula is C18H23BrN2O4. The predicted molar refractivity (Wildman–Crippen MR) is 103 cm³/mol. The average Bonchev–Trinajstić information content (AvgIpc) is 2.58. The zero-order valence-corrected chi connectivity index (χ0v) is 16.6. The van der Waals surface area contributed by atoms with E-state index in [2.05, 4.69) is 20.7 Å². The molecule has 0 aromatic heterocycles. The van der Waals surface area contributed by atoms with Gasteiger partial charge in [-0.1, -0.05) is 15.9 Å². The lowest BCUT2D eigenvalue weighted by molar-refractivity contribution is 0.0599. The van der Waals surface area contributed by atoms with Crippen molar-refractivity contribution in [2.24, 2.45) is 0 Å². The first-order valence-electron chi connectivity index (χ1n) is 7.37. The summed E-state index contributed by atoms with van der Waals surface area (Å²) in [6.45, 7) is 3.78. The molecule has 2 rings (SSSR count). The molecule has 0 atom stereocenters. The molecule has 0 saturated heterocycles. The van der Waals surface area contributed by atoms with Gasteiger partial charge in [-0.25, -0.2) is 4.79 Å². The smallest absolute Gasteiger partial charge is 0.338 e. The third-order valence-corrected chi connectivity index (χ3v) is 4.35. The Balaban J connectivity index is 0.000000257. The maximum atomic E-state index is 11.3. The van der Waals surface area contributed by atoms with Gasteiger partial charge in [-0.05, 0) is 49.2 Å². The van der Waals surface area contributed by atoms with Crippen molar-refractivity contribution in [1.82, 2.24) is 0 Å². The largest absolute Gasteiger partial charge is 0.495 e. The number of esters is 1. The predicted octanol–water partition coefficient (Wildman–Crippen LogP) is 3.72. The molecular weight excluding hydrogens is 388 g/mol. The topological polar surface area (TPSA) is 96.8 Å². The van der Waals surface area contributed by atoms with Crippen molar-refractivity contribution in [2.45, 2.75) is 13.8 Å². The highest BCUT2D eigenvalue weighted by Gasteiger charge is 2.12. The van der Waals surface area contributed by atoms with Crippen LogP contribution in [-0.4, -0.2) is 27.3 Å². The normalized spacial score (nSPS) is 9.68. The monoisotopic (exact) mass is 410 g/mol. The molecule has 7 heteroatoms. The van der Waals surface area contributed by atoms with E-state index in [0.29, 0.717) is 28.4 Å². The van der Waals surface area contributed by atoms with Gasteiger partial charge in [0, 0.05) is 4.47 Å². The lowest BCUT2D eigenvalue weighted by Crippen LogP contribution is -2.05. The van der Waals surface area contributed by atoms with Crippen LogP contribution in [0.2, 0.25) is 0 Å². The summed E-state index contributed by atoms with van der Waals surface area (Å²) in [5.74, 6) is 0.805. The van der Waals surface area contributed by atoms with Crippen LogP contribution in [0.1, 0.15) is 21.5 Å². The van der Waals surface area contributed by atoms with Crippen LogP contribution in [0.3, 0.4) is 0 Å². The second-order valence-electron chi connectivity index (χ2n) is 5.24. The number of carbonyl (C=O) groups is 1. The summed E-state index contributed by atoms with van der Waals surface area (Å²) in [5, 5.41) is 0. The molecule has 0 fully saturated rings. The van der Waals surface area contributed by atoms with Crippen molar-refractivity contribution in [3.05, 3.63) is 45.4 Å². The molecule has 0 unspecified atom stereocenters. The standard InChI is InChI=1S/C10H13NO3.C8H10BrNO/c1-6-4-8(11)9(13-2)5-7(6)10(12)14-3;1-5-3-7(10)8(11-2)4-6(5)9/h4-5H,11H2,1-3H3;3-4H,10H2,1-2H3. The minimum absolute atomic E-state index is 0.388. The number of aryl methyl sites for hydroxylation is 2. The molecule has 136 valence electrons. The third kappa shape index (κ3) is 5.29.